The van der Waals surface area contributed by atoms with Crippen molar-refractivity contribution in [3.8, 4) is 0 Å². The van der Waals surface area contributed by atoms with Crippen LogP contribution < -0.4 is 10.6 Å². The van der Waals surface area contributed by atoms with Gasteiger partial charge in [-0.2, -0.15) is 0 Å². The number of hydrogen-bond acceptors (Lipinski definition) is 4. The van der Waals surface area contributed by atoms with E-state index in [1.807, 2.05) is 26.0 Å². The lowest BCUT2D eigenvalue weighted by atomic mass is 10.0. The van der Waals surface area contributed by atoms with Gasteiger partial charge in [-0.25, -0.2) is 4.98 Å². The molecule has 0 aromatic carbocycles. The van der Waals surface area contributed by atoms with Crippen molar-refractivity contribution in [1.29, 1.82) is 0 Å². The van der Waals surface area contributed by atoms with Gasteiger partial charge in [-0.15, -0.1) is 0 Å². The highest BCUT2D eigenvalue weighted by molar-refractivity contribution is 5.92. The molecule has 0 radical (unpaired) electrons. The predicted octanol–water partition coefficient (Wildman–Crippen LogP) is 2.51. The molecule has 0 atom stereocenters. The van der Waals surface area contributed by atoms with Crippen molar-refractivity contribution in [2.24, 2.45) is 5.92 Å². The van der Waals surface area contributed by atoms with E-state index in [-0.39, 0.29) is 11.8 Å². The van der Waals surface area contributed by atoms with Crippen LogP contribution in [0.3, 0.4) is 0 Å². The number of aromatic nitrogens is 1. The fourth-order valence-electron chi connectivity index (χ4n) is 1.76. The van der Waals surface area contributed by atoms with E-state index < -0.39 is 0 Å². The summed E-state index contributed by atoms with van der Waals surface area (Å²) < 4.78 is 4.94. The fraction of sp³-hybridized carbons (Fsp3) is 0.571. The van der Waals surface area contributed by atoms with Crippen molar-refractivity contribution < 1.29 is 9.53 Å². The lowest BCUT2D eigenvalue weighted by Gasteiger charge is -2.12. The number of pyridine rings is 1. The predicted molar refractivity (Wildman–Crippen MR) is 77.3 cm³/mol. The van der Waals surface area contributed by atoms with Crippen LogP contribution in [-0.2, 0) is 9.53 Å². The summed E-state index contributed by atoms with van der Waals surface area (Å²) in [6.07, 6.45) is 3.37. The zero-order valence-corrected chi connectivity index (χ0v) is 11.9. The van der Waals surface area contributed by atoms with Gasteiger partial charge in [0.2, 0.25) is 5.91 Å². The maximum absolute atomic E-state index is 11.9. The first kappa shape index (κ1) is 15.4. The first-order chi connectivity index (χ1) is 9.21. The molecule has 0 spiro atoms. The summed E-state index contributed by atoms with van der Waals surface area (Å²) in [6.45, 7) is 5.39. The normalized spacial score (nSPS) is 10.5. The molecule has 0 aliphatic rings. The van der Waals surface area contributed by atoms with Crippen molar-refractivity contribution in [3.63, 3.8) is 0 Å². The van der Waals surface area contributed by atoms with Crippen LogP contribution in [-0.4, -0.2) is 31.2 Å². The summed E-state index contributed by atoms with van der Waals surface area (Å²) in [4.78, 5) is 16.1. The Morgan fingerprint density at radius 1 is 1.37 bits per heavy atom. The number of anilines is 2. The Morgan fingerprint density at radius 3 is 2.63 bits per heavy atom. The van der Waals surface area contributed by atoms with Gasteiger partial charge < -0.3 is 15.4 Å². The molecule has 0 saturated carbocycles. The summed E-state index contributed by atoms with van der Waals surface area (Å²) in [6, 6.07) is 3.70. The van der Waals surface area contributed by atoms with Gasteiger partial charge in [-0.3, -0.25) is 4.79 Å². The van der Waals surface area contributed by atoms with Crippen molar-refractivity contribution in [1.82, 2.24) is 4.98 Å². The second-order valence-corrected chi connectivity index (χ2v) is 4.35. The Balaban J connectivity index is 2.49. The lowest BCUT2D eigenvalue weighted by Crippen LogP contribution is -2.21. The van der Waals surface area contributed by atoms with E-state index in [4.69, 9.17) is 4.74 Å². The Bertz CT molecular complexity index is 375. The van der Waals surface area contributed by atoms with E-state index in [1.54, 1.807) is 13.3 Å². The van der Waals surface area contributed by atoms with Crippen LogP contribution in [0.2, 0.25) is 0 Å². The number of amides is 1. The third kappa shape index (κ3) is 5.26. The van der Waals surface area contributed by atoms with Gasteiger partial charge >= 0.3 is 0 Å². The Labute approximate surface area is 114 Å². The molecule has 5 heteroatoms. The highest BCUT2D eigenvalue weighted by atomic mass is 16.5. The molecule has 5 nitrogen and oxygen atoms in total. The van der Waals surface area contributed by atoms with E-state index >= 15 is 0 Å². The van der Waals surface area contributed by atoms with Gasteiger partial charge in [-0.1, -0.05) is 13.8 Å². The second-order valence-electron chi connectivity index (χ2n) is 4.35. The van der Waals surface area contributed by atoms with Crippen molar-refractivity contribution >= 4 is 17.4 Å². The number of rotatable bonds is 8. The lowest BCUT2D eigenvalue weighted by molar-refractivity contribution is -0.120. The molecule has 0 saturated heterocycles. The summed E-state index contributed by atoms with van der Waals surface area (Å²) in [5, 5.41) is 6.01. The molecule has 1 heterocycles. The molecular formula is C14H23N3O2. The number of nitrogens with one attached hydrogen (secondary N) is 2. The van der Waals surface area contributed by atoms with E-state index in [0.717, 1.165) is 24.3 Å². The van der Waals surface area contributed by atoms with Gasteiger partial charge in [0.25, 0.3) is 0 Å². The maximum Gasteiger partial charge on any atom is 0.227 e. The minimum Gasteiger partial charge on any atom is -0.383 e. The van der Waals surface area contributed by atoms with Crippen molar-refractivity contribution in [2.45, 2.75) is 26.7 Å². The molecule has 106 valence electrons. The van der Waals surface area contributed by atoms with E-state index in [0.29, 0.717) is 13.2 Å². The minimum absolute atomic E-state index is 0.0619. The summed E-state index contributed by atoms with van der Waals surface area (Å²) in [7, 11) is 1.66. The van der Waals surface area contributed by atoms with Crippen molar-refractivity contribution in [3.05, 3.63) is 18.3 Å². The molecule has 0 bridgehead atoms. The Hall–Kier alpha value is -1.62. The van der Waals surface area contributed by atoms with Crippen LogP contribution in [0.4, 0.5) is 11.5 Å². The molecule has 1 aromatic heterocycles. The quantitative estimate of drug-likeness (QED) is 0.709. The second kappa shape index (κ2) is 8.48. The SMILES string of the molecule is CCC(CC)C(=O)Nc1ccc(NCCOC)nc1. The molecule has 0 aliphatic heterocycles. The molecule has 19 heavy (non-hydrogen) atoms. The van der Waals surface area contributed by atoms with Crippen LogP contribution in [0, 0.1) is 5.92 Å². The first-order valence-corrected chi connectivity index (χ1v) is 6.71. The number of ether oxygens (including phenoxy) is 1. The first-order valence-electron chi connectivity index (χ1n) is 6.71. The largest absolute Gasteiger partial charge is 0.383 e. The van der Waals surface area contributed by atoms with Crippen LogP contribution in [0.15, 0.2) is 18.3 Å². The highest BCUT2D eigenvalue weighted by Gasteiger charge is 2.13. The topological polar surface area (TPSA) is 63.2 Å². The molecular weight excluding hydrogens is 242 g/mol. The van der Waals surface area contributed by atoms with Crippen LogP contribution in [0.25, 0.3) is 0 Å². The number of carbonyl (C=O) groups excluding carboxylic acids is 1. The molecule has 1 amide bonds. The number of carbonyl (C=O) groups is 1. The average molecular weight is 265 g/mol. The zero-order chi connectivity index (χ0) is 14.1. The monoisotopic (exact) mass is 265 g/mol. The van der Waals surface area contributed by atoms with Gasteiger partial charge in [0, 0.05) is 19.6 Å². The molecule has 1 aromatic rings. The van der Waals surface area contributed by atoms with E-state index in [2.05, 4.69) is 15.6 Å². The molecule has 0 unspecified atom stereocenters. The minimum atomic E-state index is 0.0619. The zero-order valence-electron chi connectivity index (χ0n) is 11.9. The fourth-order valence-corrected chi connectivity index (χ4v) is 1.76. The maximum atomic E-state index is 11.9. The number of methoxy groups -OCH3 is 1. The number of nitrogens with zero attached hydrogens (tertiary/aromatic N) is 1. The van der Waals surface area contributed by atoms with Crippen LogP contribution in [0.5, 0.6) is 0 Å². The molecule has 0 fully saturated rings. The average Bonchev–Trinajstić information content (AvgIpc) is 2.42. The third-order valence-corrected chi connectivity index (χ3v) is 3.00. The molecule has 0 aliphatic carbocycles. The highest BCUT2D eigenvalue weighted by Crippen LogP contribution is 2.14. The van der Waals surface area contributed by atoms with Crippen molar-refractivity contribution in [2.75, 3.05) is 30.9 Å². The Kier molecular flexibility index (Phi) is 6.89. The van der Waals surface area contributed by atoms with E-state index in [9.17, 15) is 4.79 Å². The Morgan fingerprint density at radius 2 is 2.11 bits per heavy atom. The summed E-state index contributed by atoms with van der Waals surface area (Å²) in [5.41, 5.74) is 0.731. The van der Waals surface area contributed by atoms with Gasteiger partial charge in [-0.05, 0) is 25.0 Å². The van der Waals surface area contributed by atoms with E-state index in [1.165, 1.54) is 0 Å². The number of hydrogen-bond donors (Lipinski definition) is 2. The summed E-state index contributed by atoms with van der Waals surface area (Å²) >= 11 is 0. The van der Waals surface area contributed by atoms with Crippen LogP contribution >= 0.6 is 0 Å². The standard InChI is InChI=1S/C14H23N3O2/c1-4-11(5-2)14(18)17-12-6-7-13(16-10-12)15-8-9-19-3/h6-7,10-11H,4-5,8-9H2,1-3H3,(H,15,16)(H,17,18). The van der Waals surface area contributed by atoms with Gasteiger partial charge in [0.15, 0.2) is 0 Å². The molecule has 2 N–H and O–H groups in total. The summed E-state index contributed by atoms with van der Waals surface area (Å²) in [5.74, 6) is 0.906. The van der Waals surface area contributed by atoms with Gasteiger partial charge in [0.1, 0.15) is 5.82 Å². The molecule has 1 rings (SSSR count). The smallest absolute Gasteiger partial charge is 0.227 e. The third-order valence-electron chi connectivity index (χ3n) is 3.00. The van der Waals surface area contributed by atoms with Crippen LogP contribution in [0.1, 0.15) is 26.7 Å². The van der Waals surface area contributed by atoms with Gasteiger partial charge in [0.05, 0.1) is 18.5 Å².